The number of hydrogen-bond acceptors (Lipinski definition) is 6. The Morgan fingerprint density at radius 2 is 1.80 bits per heavy atom. The van der Waals surface area contributed by atoms with Crippen LogP contribution in [0.5, 0.6) is 11.5 Å². The predicted molar refractivity (Wildman–Crippen MR) is 72.3 cm³/mol. The summed E-state index contributed by atoms with van der Waals surface area (Å²) in [5.41, 5.74) is -0.495. The van der Waals surface area contributed by atoms with Crippen molar-refractivity contribution in [2.75, 3.05) is 7.11 Å². The molecule has 2 rings (SSSR count). The third-order valence-electron chi connectivity index (χ3n) is 3.60. The second-order valence-electron chi connectivity index (χ2n) is 4.50. The van der Waals surface area contributed by atoms with E-state index >= 15 is 0 Å². The minimum absolute atomic E-state index is 0.0684. The second kappa shape index (κ2) is 5.50. The number of benzene rings is 1. The van der Waals surface area contributed by atoms with Gasteiger partial charge in [-0.25, -0.2) is 0 Å². The van der Waals surface area contributed by atoms with Crippen LogP contribution in [-0.2, 0) is 10.3 Å². The van der Waals surface area contributed by atoms with Crippen LogP contribution in [0.2, 0.25) is 0 Å². The van der Waals surface area contributed by atoms with E-state index in [1.807, 2.05) is 13.8 Å². The van der Waals surface area contributed by atoms with Crippen molar-refractivity contribution < 1.29 is 19.5 Å². The Morgan fingerprint density at radius 3 is 2.30 bits per heavy atom. The molecule has 0 aliphatic rings. The molecule has 0 bridgehead atoms. The number of phenolic OH excluding ortho intramolecular Hbond substituents is 2. The fraction of sp³-hybridized carbons (Fsp3) is 0.429. The van der Waals surface area contributed by atoms with Crippen molar-refractivity contribution >= 4 is 0 Å². The van der Waals surface area contributed by atoms with Crippen LogP contribution in [0.3, 0.4) is 0 Å². The fourth-order valence-corrected chi connectivity index (χ4v) is 2.20. The lowest BCUT2D eigenvalue weighted by Gasteiger charge is -2.25. The average Bonchev–Trinajstić information content (AvgIpc) is 2.91. The van der Waals surface area contributed by atoms with E-state index in [0.717, 1.165) is 0 Å². The van der Waals surface area contributed by atoms with Crippen LogP contribution in [0.15, 0.2) is 22.7 Å². The lowest BCUT2D eigenvalue weighted by Crippen LogP contribution is -2.28. The Bertz CT molecular complexity index is 562. The van der Waals surface area contributed by atoms with Crippen LogP contribution in [0.1, 0.15) is 32.5 Å². The van der Waals surface area contributed by atoms with Crippen molar-refractivity contribution in [3.63, 3.8) is 0 Å². The molecular formula is C14H18N2O4. The monoisotopic (exact) mass is 278 g/mol. The first-order valence-electron chi connectivity index (χ1n) is 6.48. The van der Waals surface area contributed by atoms with Crippen LogP contribution in [0, 0.1) is 0 Å². The van der Waals surface area contributed by atoms with Crippen LogP contribution < -0.4 is 0 Å². The lowest BCUT2D eigenvalue weighted by atomic mass is 9.96. The number of aromatic hydroxyl groups is 2. The van der Waals surface area contributed by atoms with Gasteiger partial charge in [-0.1, -0.05) is 25.1 Å². The minimum Gasteiger partial charge on any atom is -0.507 e. The molecule has 0 saturated carbocycles. The number of nitrogens with zero attached hydrogens (tertiary/aromatic N) is 2. The fourth-order valence-electron chi connectivity index (χ4n) is 2.20. The van der Waals surface area contributed by atoms with Gasteiger partial charge in [0.2, 0.25) is 5.82 Å². The molecule has 0 atom stereocenters. The molecular weight excluding hydrogens is 260 g/mol. The van der Waals surface area contributed by atoms with Crippen molar-refractivity contribution in [2.24, 2.45) is 0 Å². The quantitative estimate of drug-likeness (QED) is 0.874. The summed E-state index contributed by atoms with van der Waals surface area (Å²) in [5, 5.41) is 23.5. The highest BCUT2D eigenvalue weighted by atomic mass is 16.5. The van der Waals surface area contributed by atoms with Gasteiger partial charge in [-0.2, -0.15) is 4.98 Å². The maximum Gasteiger partial charge on any atom is 0.265 e. The number of hydrogen-bond donors (Lipinski definition) is 2. The molecule has 6 nitrogen and oxygen atoms in total. The summed E-state index contributed by atoms with van der Waals surface area (Å²) >= 11 is 0. The van der Waals surface area contributed by atoms with Gasteiger partial charge in [-0.15, -0.1) is 0 Å². The van der Waals surface area contributed by atoms with Crippen LogP contribution in [0.4, 0.5) is 0 Å². The van der Waals surface area contributed by atoms with E-state index in [1.54, 1.807) is 7.11 Å². The first-order chi connectivity index (χ1) is 9.57. The topological polar surface area (TPSA) is 88.6 Å². The van der Waals surface area contributed by atoms with E-state index in [-0.39, 0.29) is 23.0 Å². The van der Waals surface area contributed by atoms with E-state index in [0.29, 0.717) is 18.7 Å². The molecule has 0 amide bonds. The Hall–Kier alpha value is -2.08. The zero-order valence-electron chi connectivity index (χ0n) is 11.8. The molecule has 0 unspecified atom stereocenters. The van der Waals surface area contributed by atoms with Gasteiger partial charge in [0, 0.05) is 7.11 Å². The van der Waals surface area contributed by atoms with Gasteiger partial charge >= 0.3 is 0 Å². The largest absolute Gasteiger partial charge is 0.507 e. The predicted octanol–water partition coefficient (Wildman–Crippen LogP) is 2.81. The summed E-state index contributed by atoms with van der Waals surface area (Å²) in [4.78, 5) is 4.26. The van der Waals surface area contributed by atoms with Crippen molar-refractivity contribution in [3.8, 4) is 23.0 Å². The van der Waals surface area contributed by atoms with Gasteiger partial charge in [-0.3, -0.25) is 0 Å². The van der Waals surface area contributed by atoms with Crippen molar-refractivity contribution in [3.05, 3.63) is 24.0 Å². The SMILES string of the molecule is CCC(CC)(OC)c1noc(-c2c(O)cccc2O)n1. The molecule has 2 aromatic rings. The first-order valence-corrected chi connectivity index (χ1v) is 6.48. The van der Waals surface area contributed by atoms with Crippen LogP contribution in [0.25, 0.3) is 11.5 Å². The third-order valence-corrected chi connectivity index (χ3v) is 3.60. The van der Waals surface area contributed by atoms with E-state index in [1.165, 1.54) is 18.2 Å². The van der Waals surface area contributed by atoms with Crippen molar-refractivity contribution in [2.45, 2.75) is 32.3 Å². The standard InChI is InChI=1S/C14H18N2O4/c1-4-14(5-2,19-3)13-15-12(20-16-13)11-9(17)7-6-8-10(11)18/h6-8,17-18H,4-5H2,1-3H3. The second-order valence-corrected chi connectivity index (χ2v) is 4.50. The lowest BCUT2D eigenvalue weighted by molar-refractivity contribution is -0.0306. The summed E-state index contributed by atoms with van der Waals surface area (Å²) in [6, 6.07) is 4.42. The zero-order valence-corrected chi connectivity index (χ0v) is 11.8. The third kappa shape index (κ3) is 2.22. The van der Waals surface area contributed by atoms with Crippen molar-refractivity contribution in [1.82, 2.24) is 10.1 Å². The molecule has 1 aromatic carbocycles. The van der Waals surface area contributed by atoms with Crippen molar-refractivity contribution in [1.29, 1.82) is 0 Å². The maximum absolute atomic E-state index is 9.81. The molecule has 0 radical (unpaired) electrons. The Kier molecular flexibility index (Phi) is 3.94. The van der Waals surface area contributed by atoms with Gasteiger partial charge in [0.05, 0.1) is 0 Å². The number of rotatable bonds is 5. The average molecular weight is 278 g/mol. The molecule has 1 aromatic heterocycles. The summed E-state index contributed by atoms with van der Waals surface area (Å²) in [6.45, 7) is 3.95. The highest BCUT2D eigenvalue weighted by molar-refractivity contribution is 5.69. The summed E-state index contributed by atoms with van der Waals surface area (Å²) < 4.78 is 10.7. The van der Waals surface area contributed by atoms with E-state index < -0.39 is 5.60 Å². The zero-order chi connectivity index (χ0) is 14.8. The highest BCUT2D eigenvalue weighted by Crippen LogP contribution is 2.38. The molecule has 20 heavy (non-hydrogen) atoms. The Balaban J connectivity index is 2.48. The minimum atomic E-state index is -0.623. The molecule has 0 spiro atoms. The van der Waals surface area contributed by atoms with Crippen LogP contribution >= 0.6 is 0 Å². The molecule has 0 aliphatic heterocycles. The number of aromatic nitrogens is 2. The summed E-state index contributed by atoms with van der Waals surface area (Å²) in [5.74, 6) is 0.244. The van der Waals surface area contributed by atoms with Gasteiger partial charge in [0.15, 0.2) is 0 Å². The van der Waals surface area contributed by atoms with E-state index in [4.69, 9.17) is 9.26 Å². The highest BCUT2D eigenvalue weighted by Gasteiger charge is 2.34. The molecule has 1 heterocycles. The number of ether oxygens (including phenoxy) is 1. The molecule has 0 aliphatic carbocycles. The van der Waals surface area contributed by atoms with Gasteiger partial charge < -0.3 is 19.5 Å². The normalized spacial score (nSPS) is 11.8. The Labute approximate surface area is 117 Å². The number of methoxy groups -OCH3 is 1. The van der Waals surface area contributed by atoms with Gasteiger partial charge in [0.1, 0.15) is 22.7 Å². The number of phenols is 2. The van der Waals surface area contributed by atoms with Gasteiger partial charge in [0.25, 0.3) is 5.89 Å². The van der Waals surface area contributed by atoms with E-state index in [9.17, 15) is 10.2 Å². The molecule has 2 N–H and O–H groups in total. The summed E-state index contributed by atoms with van der Waals surface area (Å²) in [6.07, 6.45) is 1.37. The van der Waals surface area contributed by atoms with E-state index in [2.05, 4.69) is 10.1 Å². The molecule has 0 fully saturated rings. The van der Waals surface area contributed by atoms with Gasteiger partial charge in [-0.05, 0) is 25.0 Å². The maximum atomic E-state index is 9.81. The summed E-state index contributed by atoms with van der Waals surface area (Å²) in [7, 11) is 1.60. The molecule has 108 valence electrons. The Morgan fingerprint density at radius 1 is 1.20 bits per heavy atom. The molecule has 0 saturated heterocycles. The van der Waals surface area contributed by atoms with Crippen LogP contribution in [-0.4, -0.2) is 27.5 Å². The molecule has 6 heteroatoms. The first kappa shape index (κ1) is 14.3. The smallest absolute Gasteiger partial charge is 0.265 e.